The van der Waals surface area contributed by atoms with E-state index in [0.717, 1.165) is 43.1 Å². The van der Waals surface area contributed by atoms with E-state index >= 15 is 0 Å². The van der Waals surface area contributed by atoms with E-state index in [4.69, 9.17) is 22.0 Å². The van der Waals surface area contributed by atoms with Crippen LogP contribution in [0.3, 0.4) is 0 Å². The number of aromatic nitrogens is 1. The molecule has 1 heterocycles. The van der Waals surface area contributed by atoms with Crippen LogP contribution < -0.4 is 11.2 Å². The molecule has 0 aliphatic heterocycles. The molecule has 2 rings (SSSR count). The molecule has 1 aliphatic carbocycles. The second-order valence-corrected chi connectivity index (χ2v) is 4.22. The highest BCUT2D eigenvalue weighted by molar-refractivity contribution is 6.30. The lowest BCUT2D eigenvalue weighted by Crippen LogP contribution is -2.29. The molecule has 1 aromatic heterocycles. The lowest BCUT2D eigenvalue weighted by atomic mass is 10.1. The first-order valence-electron chi connectivity index (χ1n) is 5.80. The Balaban J connectivity index is 2.60. The molecule has 0 unspecified atom stereocenters. The molecular formula is C12H14N6O. The Kier molecular flexibility index (Phi) is 3.37. The minimum absolute atomic E-state index is 0.0674. The van der Waals surface area contributed by atoms with Gasteiger partial charge in [0.05, 0.1) is 18.1 Å². The van der Waals surface area contributed by atoms with Gasteiger partial charge in [-0.25, -0.2) is 0 Å². The fourth-order valence-corrected chi connectivity index (χ4v) is 2.20. The predicted molar refractivity (Wildman–Crippen MR) is 71.2 cm³/mol. The zero-order valence-corrected chi connectivity index (χ0v) is 10.2. The van der Waals surface area contributed by atoms with Crippen LogP contribution in [0.15, 0.2) is 11.1 Å². The topological polar surface area (TPSA) is 132 Å². The number of nitrogens with one attached hydrogen (secondary N) is 3. The molecule has 0 radical (unpaired) electrons. The molecule has 5 N–H and O–H groups in total. The summed E-state index contributed by atoms with van der Waals surface area (Å²) in [7, 11) is 0. The van der Waals surface area contributed by atoms with Crippen molar-refractivity contribution in [3.05, 3.63) is 28.4 Å². The molecule has 19 heavy (non-hydrogen) atoms. The van der Waals surface area contributed by atoms with E-state index in [-0.39, 0.29) is 16.9 Å². The van der Waals surface area contributed by atoms with Gasteiger partial charge in [0.2, 0.25) is 0 Å². The Bertz CT molecular complexity index is 655. The Hall–Kier alpha value is -2.57. The number of amides is 1. The Morgan fingerprint density at radius 3 is 2.79 bits per heavy atom. The number of fused-ring (bicyclic) bond motifs is 1. The van der Waals surface area contributed by atoms with Gasteiger partial charge in [0, 0.05) is 5.69 Å². The number of carbonyl (C=O) groups is 1. The summed E-state index contributed by atoms with van der Waals surface area (Å²) in [6, 6.07) is 1.65. The summed E-state index contributed by atoms with van der Waals surface area (Å²) < 4.78 is 1.39. The van der Waals surface area contributed by atoms with E-state index in [1.54, 1.807) is 6.07 Å². The molecule has 7 heteroatoms. The molecule has 0 fully saturated rings. The van der Waals surface area contributed by atoms with Gasteiger partial charge < -0.3 is 11.1 Å². The maximum atomic E-state index is 11.9. The van der Waals surface area contributed by atoms with Crippen LogP contribution in [0.4, 0.5) is 0 Å². The third-order valence-electron chi connectivity index (χ3n) is 3.07. The van der Waals surface area contributed by atoms with Crippen LogP contribution in [0, 0.1) is 16.2 Å². The van der Waals surface area contributed by atoms with Crippen molar-refractivity contribution in [2.24, 2.45) is 10.7 Å². The number of carbonyl (C=O) groups excluding carboxylic acids is 1. The van der Waals surface area contributed by atoms with Crippen LogP contribution in [0.25, 0.3) is 0 Å². The van der Waals surface area contributed by atoms with Gasteiger partial charge in [0.1, 0.15) is 11.3 Å². The monoisotopic (exact) mass is 258 g/mol. The van der Waals surface area contributed by atoms with E-state index in [1.807, 2.05) is 0 Å². The highest BCUT2D eigenvalue weighted by Gasteiger charge is 2.19. The van der Waals surface area contributed by atoms with E-state index in [2.05, 4.69) is 4.99 Å². The Morgan fingerprint density at radius 1 is 1.42 bits per heavy atom. The van der Waals surface area contributed by atoms with Crippen LogP contribution in [0.2, 0.25) is 0 Å². The number of rotatable bonds is 3. The minimum atomic E-state index is -0.656. The Labute approximate surface area is 109 Å². The van der Waals surface area contributed by atoms with Crippen molar-refractivity contribution >= 4 is 24.3 Å². The molecule has 0 bridgehead atoms. The van der Waals surface area contributed by atoms with Crippen LogP contribution in [-0.4, -0.2) is 28.9 Å². The zero-order chi connectivity index (χ0) is 14.0. The standard InChI is InChI=1S/C12H14N6O/c13-5-10(15)17-12(19)8-4-7-2-1-3-9(7)18(6-14)11(8)16/h4-6,13-14,16H,1-3H2,(H2,15,17,19). The molecule has 0 saturated carbocycles. The molecule has 1 aliphatic rings. The normalized spacial score (nSPS) is 14.0. The first-order chi connectivity index (χ1) is 9.08. The van der Waals surface area contributed by atoms with Gasteiger partial charge in [-0.3, -0.25) is 20.2 Å². The summed E-state index contributed by atoms with van der Waals surface area (Å²) in [6.07, 6.45) is 4.39. The first kappa shape index (κ1) is 12.9. The van der Waals surface area contributed by atoms with Gasteiger partial charge in [-0.1, -0.05) is 0 Å². The van der Waals surface area contributed by atoms with Crippen molar-refractivity contribution in [2.45, 2.75) is 19.3 Å². The number of amidine groups is 1. The third-order valence-corrected chi connectivity index (χ3v) is 3.07. The van der Waals surface area contributed by atoms with Crippen molar-refractivity contribution in [3.63, 3.8) is 0 Å². The summed E-state index contributed by atoms with van der Waals surface area (Å²) in [5.74, 6) is -0.859. The van der Waals surface area contributed by atoms with Gasteiger partial charge in [-0.15, -0.1) is 0 Å². The van der Waals surface area contributed by atoms with E-state index in [1.165, 1.54) is 4.57 Å². The fourth-order valence-electron chi connectivity index (χ4n) is 2.20. The second kappa shape index (κ2) is 4.97. The minimum Gasteiger partial charge on any atom is -0.382 e. The van der Waals surface area contributed by atoms with Gasteiger partial charge in [0.15, 0.2) is 0 Å². The van der Waals surface area contributed by atoms with E-state index in [0.29, 0.717) is 0 Å². The van der Waals surface area contributed by atoms with Gasteiger partial charge in [-0.2, -0.15) is 4.99 Å². The molecule has 98 valence electrons. The van der Waals surface area contributed by atoms with E-state index in [9.17, 15) is 4.79 Å². The lowest BCUT2D eigenvalue weighted by molar-refractivity contribution is 0.100. The summed E-state index contributed by atoms with van der Waals surface area (Å²) in [5, 5.41) is 22.2. The molecule has 0 spiro atoms. The molecule has 1 amide bonds. The molecule has 1 aromatic rings. The summed E-state index contributed by atoms with van der Waals surface area (Å²) in [6.45, 7) is 0. The summed E-state index contributed by atoms with van der Waals surface area (Å²) in [5.41, 5.74) is 7.22. The van der Waals surface area contributed by atoms with Crippen LogP contribution in [0.1, 0.15) is 28.0 Å². The largest absolute Gasteiger partial charge is 0.382 e. The summed E-state index contributed by atoms with van der Waals surface area (Å²) in [4.78, 5) is 15.5. The van der Waals surface area contributed by atoms with Crippen molar-refractivity contribution in [1.29, 1.82) is 16.2 Å². The van der Waals surface area contributed by atoms with Crippen molar-refractivity contribution in [1.82, 2.24) is 4.57 Å². The molecule has 7 nitrogen and oxygen atoms in total. The zero-order valence-electron chi connectivity index (χ0n) is 10.2. The lowest BCUT2D eigenvalue weighted by Gasteiger charge is -2.10. The number of nitrogens with two attached hydrogens (primary N) is 1. The number of hydrogen-bond donors (Lipinski definition) is 4. The van der Waals surface area contributed by atoms with Crippen molar-refractivity contribution in [2.75, 3.05) is 0 Å². The third kappa shape index (κ3) is 2.22. The maximum absolute atomic E-state index is 11.9. The SMILES string of the molecule is N=CC(N)=NC(=O)c1cc2c(n(C=N)c1=N)CCC2. The van der Waals surface area contributed by atoms with Crippen molar-refractivity contribution in [3.8, 4) is 0 Å². The number of hydrogen-bond acceptors (Lipinski definition) is 4. The number of aryl methyl sites for hydroxylation is 1. The predicted octanol–water partition coefficient (Wildman–Crippen LogP) is 0.0584. The molecule has 0 atom stereocenters. The van der Waals surface area contributed by atoms with Gasteiger partial charge >= 0.3 is 0 Å². The van der Waals surface area contributed by atoms with Crippen LogP contribution >= 0.6 is 0 Å². The molecule has 0 aromatic carbocycles. The average molecular weight is 258 g/mol. The molecule has 0 saturated heterocycles. The quantitative estimate of drug-likeness (QED) is 0.451. The number of nitrogens with zero attached hydrogens (tertiary/aromatic N) is 2. The maximum Gasteiger partial charge on any atom is 0.282 e. The van der Waals surface area contributed by atoms with Crippen LogP contribution in [0.5, 0.6) is 0 Å². The highest BCUT2D eigenvalue weighted by atomic mass is 16.1. The average Bonchev–Trinajstić information content (AvgIpc) is 2.85. The first-order valence-corrected chi connectivity index (χ1v) is 5.80. The van der Waals surface area contributed by atoms with Gasteiger partial charge in [-0.05, 0) is 30.9 Å². The van der Waals surface area contributed by atoms with Gasteiger partial charge in [0.25, 0.3) is 5.91 Å². The number of aliphatic imine (C=N–C) groups is 1. The van der Waals surface area contributed by atoms with E-state index < -0.39 is 5.91 Å². The summed E-state index contributed by atoms with van der Waals surface area (Å²) >= 11 is 0. The van der Waals surface area contributed by atoms with Crippen molar-refractivity contribution < 1.29 is 4.79 Å². The molecular weight excluding hydrogens is 244 g/mol. The second-order valence-electron chi connectivity index (χ2n) is 4.22. The smallest absolute Gasteiger partial charge is 0.282 e. The Morgan fingerprint density at radius 2 is 2.16 bits per heavy atom. The fraction of sp³-hybridized carbons (Fsp3) is 0.250. The number of pyridine rings is 1. The highest BCUT2D eigenvalue weighted by Crippen LogP contribution is 2.20. The van der Waals surface area contributed by atoms with Crippen LogP contribution in [-0.2, 0) is 12.8 Å².